The van der Waals surface area contributed by atoms with Crippen molar-refractivity contribution in [2.75, 3.05) is 6.54 Å². The van der Waals surface area contributed by atoms with Crippen molar-refractivity contribution < 1.29 is 5.11 Å². The summed E-state index contributed by atoms with van der Waals surface area (Å²) >= 11 is 0. The second kappa shape index (κ2) is 5.14. The van der Waals surface area contributed by atoms with Gasteiger partial charge in [-0.2, -0.15) is 0 Å². The fraction of sp³-hybridized carbons (Fsp3) is 0.571. The first-order valence-corrected chi connectivity index (χ1v) is 3.21. The summed E-state index contributed by atoms with van der Waals surface area (Å²) in [6, 6.07) is -0.192. The lowest BCUT2D eigenvalue weighted by atomic mass is 10.1. The van der Waals surface area contributed by atoms with Gasteiger partial charge < -0.3 is 10.8 Å². The highest BCUT2D eigenvalue weighted by Gasteiger charge is 2.12. The van der Waals surface area contributed by atoms with Gasteiger partial charge in [-0.05, 0) is 13.1 Å². The highest BCUT2D eigenvalue weighted by Crippen LogP contribution is 2.02. The maximum atomic E-state index is 9.14. The summed E-state index contributed by atoms with van der Waals surface area (Å²) in [6.07, 6.45) is 1.73. The Labute approximate surface area is 61.3 Å². The zero-order valence-electron chi connectivity index (χ0n) is 6.03. The van der Waals surface area contributed by atoms with Gasteiger partial charge in [-0.25, -0.2) is 0 Å². The summed E-state index contributed by atoms with van der Waals surface area (Å²) < 4.78 is 0. The second-order valence-electron chi connectivity index (χ2n) is 2.08. The van der Waals surface area contributed by atoms with Gasteiger partial charge in [0.2, 0.25) is 0 Å². The Morgan fingerprint density at radius 1 is 1.70 bits per heavy atom. The Hall–Kier alpha value is -0.670. The third-order valence-corrected chi connectivity index (χ3v) is 1.33. The molecule has 3 N–H and O–H groups in total. The number of nitrogens with two attached hydrogens (primary N) is 1. The Kier molecular flexibility index (Phi) is 4.80. The first kappa shape index (κ1) is 9.33. The molecule has 0 amide bonds. The number of aliphatic imine (C=N–C) groups is 1. The van der Waals surface area contributed by atoms with Crippen molar-refractivity contribution in [3.8, 4) is 0 Å². The lowest BCUT2D eigenvalue weighted by Gasteiger charge is -2.14. The number of hydrogen-bond acceptors (Lipinski definition) is 3. The van der Waals surface area contributed by atoms with Crippen LogP contribution < -0.4 is 5.73 Å². The van der Waals surface area contributed by atoms with Crippen molar-refractivity contribution >= 4 is 6.72 Å². The Morgan fingerprint density at radius 2 is 2.30 bits per heavy atom. The normalized spacial score (nSPS) is 15.8. The standard InChI is InChI=1S/C7H14N2O/c1-3-4-6(9-2)7(10)5-8/h3,6-7,10H,1-2,4-5,8H2/t6-,7+/m1/s1. The molecule has 0 unspecified atom stereocenters. The smallest absolute Gasteiger partial charge is 0.0888 e. The Bertz CT molecular complexity index is 114. The number of rotatable bonds is 5. The molecule has 0 aromatic rings. The van der Waals surface area contributed by atoms with Crippen LogP contribution in [0.5, 0.6) is 0 Å². The maximum absolute atomic E-state index is 9.14. The molecule has 58 valence electrons. The molecule has 0 heterocycles. The SMILES string of the molecule is C=CC[C@@H](N=C)[C@@H](O)CN. The van der Waals surface area contributed by atoms with Gasteiger partial charge >= 0.3 is 0 Å². The van der Waals surface area contributed by atoms with Crippen LogP contribution in [-0.2, 0) is 0 Å². The van der Waals surface area contributed by atoms with Gasteiger partial charge in [-0.15, -0.1) is 6.58 Å². The van der Waals surface area contributed by atoms with Crippen molar-refractivity contribution in [2.24, 2.45) is 10.7 Å². The lowest BCUT2D eigenvalue weighted by molar-refractivity contribution is 0.154. The van der Waals surface area contributed by atoms with E-state index in [9.17, 15) is 0 Å². The molecule has 10 heavy (non-hydrogen) atoms. The molecule has 0 aromatic carbocycles. The first-order chi connectivity index (χ1) is 4.76. The van der Waals surface area contributed by atoms with Gasteiger partial charge in [-0.1, -0.05) is 6.08 Å². The van der Waals surface area contributed by atoms with Crippen molar-refractivity contribution in [1.29, 1.82) is 0 Å². The first-order valence-electron chi connectivity index (χ1n) is 3.21. The molecule has 0 spiro atoms. The van der Waals surface area contributed by atoms with E-state index in [4.69, 9.17) is 10.8 Å². The van der Waals surface area contributed by atoms with Gasteiger partial charge in [0.1, 0.15) is 0 Å². The Balaban J connectivity index is 3.78. The summed E-state index contributed by atoms with van der Waals surface area (Å²) in [4.78, 5) is 3.70. The topological polar surface area (TPSA) is 58.6 Å². The number of aliphatic hydroxyl groups excluding tert-OH is 1. The minimum absolute atomic E-state index is 0.192. The summed E-state index contributed by atoms with van der Waals surface area (Å²) in [5.41, 5.74) is 5.21. The molecular formula is C7H14N2O. The van der Waals surface area contributed by atoms with Gasteiger partial charge in [0.15, 0.2) is 0 Å². The zero-order valence-corrected chi connectivity index (χ0v) is 6.03. The van der Waals surface area contributed by atoms with Crippen LogP contribution in [0.1, 0.15) is 6.42 Å². The molecule has 0 aliphatic rings. The van der Waals surface area contributed by atoms with E-state index < -0.39 is 6.10 Å². The summed E-state index contributed by atoms with van der Waals surface area (Å²) in [5.74, 6) is 0. The molecule has 0 saturated carbocycles. The highest BCUT2D eigenvalue weighted by atomic mass is 16.3. The van der Waals surface area contributed by atoms with Crippen LogP contribution in [0.3, 0.4) is 0 Å². The quantitative estimate of drug-likeness (QED) is 0.417. The van der Waals surface area contributed by atoms with E-state index in [1.807, 2.05) is 0 Å². The molecule has 0 aliphatic carbocycles. The maximum Gasteiger partial charge on any atom is 0.0888 e. The van der Waals surface area contributed by atoms with Crippen molar-refractivity contribution in [3.63, 3.8) is 0 Å². The van der Waals surface area contributed by atoms with Crippen molar-refractivity contribution in [2.45, 2.75) is 18.6 Å². The van der Waals surface area contributed by atoms with Crippen LogP contribution in [0, 0.1) is 0 Å². The van der Waals surface area contributed by atoms with E-state index in [0.717, 1.165) is 0 Å². The monoisotopic (exact) mass is 142 g/mol. The molecular weight excluding hydrogens is 128 g/mol. The fourth-order valence-corrected chi connectivity index (χ4v) is 0.681. The van der Waals surface area contributed by atoms with Crippen LogP contribution in [0.4, 0.5) is 0 Å². The van der Waals surface area contributed by atoms with E-state index in [-0.39, 0.29) is 12.6 Å². The molecule has 0 bridgehead atoms. The molecule has 0 rings (SSSR count). The number of hydrogen-bond donors (Lipinski definition) is 2. The van der Waals surface area contributed by atoms with Gasteiger partial charge in [0.05, 0.1) is 12.1 Å². The van der Waals surface area contributed by atoms with E-state index in [1.54, 1.807) is 6.08 Å². The van der Waals surface area contributed by atoms with Gasteiger partial charge in [0.25, 0.3) is 0 Å². The van der Waals surface area contributed by atoms with Gasteiger partial charge in [-0.3, -0.25) is 4.99 Å². The second-order valence-corrected chi connectivity index (χ2v) is 2.08. The summed E-state index contributed by atoms with van der Waals surface area (Å²) in [6.45, 7) is 7.08. The summed E-state index contributed by atoms with van der Waals surface area (Å²) in [5, 5.41) is 9.14. The number of nitrogens with zero attached hydrogens (tertiary/aromatic N) is 1. The molecule has 0 radical (unpaired) electrons. The average molecular weight is 142 g/mol. The van der Waals surface area contributed by atoms with E-state index in [2.05, 4.69) is 18.3 Å². The van der Waals surface area contributed by atoms with Crippen LogP contribution in [0.15, 0.2) is 17.6 Å². The molecule has 3 heteroatoms. The van der Waals surface area contributed by atoms with E-state index in [0.29, 0.717) is 6.42 Å². The average Bonchev–Trinajstić information content (AvgIpc) is 1.99. The molecule has 0 saturated heterocycles. The third kappa shape index (κ3) is 2.75. The van der Waals surface area contributed by atoms with Crippen LogP contribution in [0.25, 0.3) is 0 Å². The third-order valence-electron chi connectivity index (χ3n) is 1.33. The molecule has 2 atom stereocenters. The van der Waals surface area contributed by atoms with Crippen molar-refractivity contribution in [1.82, 2.24) is 0 Å². The molecule has 3 nitrogen and oxygen atoms in total. The van der Waals surface area contributed by atoms with Crippen LogP contribution in [0.2, 0.25) is 0 Å². The predicted octanol–water partition coefficient (Wildman–Crippen LogP) is -0.0487. The molecule has 0 aliphatic heterocycles. The predicted molar refractivity (Wildman–Crippen MR) is 43.2 cm³/mol. The molecule has 0 fully saturated rings. The largest absolute Gasteiger partial charge is 0.390 e. The zero-order chi connectivity index (χ0) is 7.98. The van der Waals surface area contributed by atoms with E-state index >= 15 is 0 Å². The van der Waals surface area contributed by atoms with Crippen molar-refractivity contribution in [3.05, 3.63) is 12.7 Å². The van der Waals surface area contributed by atoms with Crippen LogP contribution >= 0.6 is 0 Å². The minimum Gasteiger partial charge on any atom is -0.390 e. The lowest BCUT2D eigenvalue weighted by Crippen LogP contribution is -2.31. The Morgan fingerprint density at radius 3 is 2.60 bits per heavy atom. The van der Waals surface area contributed by atoms with E-state index in [1.165, 1.54) is 0 Å². The fourth-order valence-electron chi connectivity index (χ4n) is 0.681. The summed E-state index contributed by atoms with van der Waals surface area (Å²) in [7, 11) is 0. The van der Waals surface area contributed by atoms with Crippen LogP contribution in [-0.4, -0.2) is 30.5 Å². The van der Waals surface area contributed by atoms with Gasteiger partial charge in [0, 0.05) is 6.54 Å². The highest BCUT2D eigenvalue weighted by molar-refractivity contribution is 5.24. The minimum atomic E-state index is -0.588. The number of aliphatic hydroxyl groups is 1. The molecule has 0 aromatic heterocycles.